The topological polar surface area (TPSA) is 64.3 Å². The van der Waals surface area contributed by atoms with Crippen LogP contribution in [0.15, 0.2) is 48.5 Å². The highest BCUT2D eigenvalue weighted by Gasteiger charge is 2.22. The lowest BCUT2D eigenvalue weighted by Gasteiger charge is -2.23. The van der Waals surface area contributed by atoms with E-state index >= 15 is 0 Å². The van der Waals surface area contributed by atoms with Gasteiger partial charge >= 0.3 is 0 Å². The fourth-order valence-electron chi connectivity index (χ4n) is 2.37. The number of carbonyl (C=O) groups excluding carboxylic acids is 1. The molecule has 2 rings (SSSR count). The number of methoxy groups -OCH3 is 1. The summed E-state index contributed by atoms with van der Waals surface area (Å²) in [5.74, 6) is -0.300. The molecule has 1 amide bonds. The predicted octanol–water partition coefficient (Wildman–Crippen LogP) is 2.71. The molecule has 0 aliphatic heterocycles. The molecule has 0 heterocycles. The Balaban J connectivity index is 2.27. The van der Waals surface area contributed by atoms with Gasteiger partial charge in [0.15, 0.2) is 0 Å². The molecule has 0 spiro atoms. The number of primary amides is 1. The van der Waals surface area contributed by atoms with E-state index in [2.05, 4.69) is 5.32 Å². The van der Waals surface area contributed by atoms with Crippen molar-refractivity contribution in [1.82, 2.24) is 5.32 Å². The summed E-state index contributed by atoms with van der Waals surface area (Å²) in [6, 6.07) is 12.5. The van der Waals surface area contributed by atoms with Gasteiger partial charge in [0.25, 0.3) is 0 Å². The Hall–Kier alpha value is -2.40. The molecular formula is C17H19FN2O2. The Morgan fingerprint density at radius 1 is 1.23 bits per heavy atom. The Labute approximate surface area is 129 Å². The first-order valence-electron chi connectivity index (χ1n) is 6.96. The van der Waals surface area contributed by atoms with Gasteiger partial charge in [-0.1, -0.05) is 30.3 Å². The third-order valence-corrected chi connectivity index (χ3v) is 3.49. The van der Waals surface area contributed by atoms with Crippen molar-refractivity contribution in [1.29, 1.82) is 0 Å². The zero-order valence-corrected chi connectivity index (χ0v) is 12.5. The second-order valence-electron chi connectivity index (χ2n) is 5.02. The van der Waals surface area contributed by atoms with E-state index in [0.29, 0.717) is 11.3 Å². The summed E-state index contributed by atoms with van der Waals surface area (Å²) in [6.07, 6.45) is 0. The molecule has 0 saturated heterocycles. The number of ether oxygens (including phenoxy) is 1. The molecule has 0 radical (unpaired) electrons. The highest BCUT2D eigenvalue weighted by atomic mass is 19.1. The first-order chi connectivity index (χ1) is 10.5. The van der Waals surface area contributed by atoms with E-state index < -0.39 is 11.9 Å². The number of nitrogens with two attached hydrogens (primary N) is 1. The van der Waals surface area contributed by atoms with Crippen molar-refractivity contribution in [3.8, 4) is 5.75 Å². The van der Waals surface area contributed by atoms with Gasteiger partial charge in [0.2, 0.25) is 5.91 Å². The number of amides is 1. The average Bonchev–Trinajstić information content (AvgIpc) is 2.52. The molecule has 22 heavy (non-hydrogen) atoms. The Bertz CT molecular complexity index is 646. The fraction of sp³-hybridized carbons (Fsp3) is 0.235. The van der Waals surface area contributed by atoms with Gasteiger partial charge in [-0.2, -0.15) is 0 Å². The van der Waals surface area contributed by atoms with Crippen molar-refractivity contribution in [2.45, 2.75) is 19.0 Å². The number of hydrogen-bond donors (Lipinski definition) is 2. The molecule has 2 aromatic rings. The highest BCUT2D eigenvalue weighted by molar-refractivity contribution is 5.81. The van der Waals surface area contributed by atoms with Crippen LogP contribution in [0.25, 0.3) is 0 Å². The first kappa shape index (κ1) is 16.0. The zero-order valence-electron chi connectivity index (χ0n) is 12.5. The molecule has 0 fully saturated rings. The summed E-state index contributed by atoms with van der Waals surface area (Å²) >= 11 is 0. The van der Waals surface area contributed by atoms with Crippen LogP contribution in [0.3, 0.4) is 0 Å². The van der Waals surface area contributed by atoms with Crippen LogP contribution in [0.2, 0.25) is 0 Å². The number of hydrogen-bond acceptors (Lipinski definition) is 3. The van der Waals surface area contributed by atoms with Crippen molar-refractivity contribution in [2.75, 3.05) is 7.11 Å². The van der Waals surface area contributed by atoms with E-state index in [9.17, 15) is 9.18 Å². The largest absolute Gasteiger partial charge is 0.496 e. The molecule has 116 valence electrons. The van der Waals surface area contributed by atoms with Crippen molar-refractivity contribution in [3.05, 3.63) is 65.5 Å². The van der Waals surface area contributed by atoms with Gasteiger partial charge in [-0.25, -0.2) is 4.39 Å². The molecule has 0 aliphatic carbocycles. The minimum Gasteiger partial charge on any atom is -0.496 e. The summed E-state index contributed by atoms with van der Waals surface area (Å²) in [4.78, 5) is 11.7. The number of rotatable bonds is 6. The van der Waals surface area contributed by atoms with Crippen LogP contribution in [-0.4, -0.2) is 13.0 Å². The van der Waals surface area contributed by atoms with Gasteiger partial charge < -0.3 is 10.5 Å². The van der Waals surface area contributed by atoms with Crippen LogP contribution >= 0.6 is 0 Å². The highest BCUT2D eigenvalue weighted by Crippen LogP contribution is 2.28. The molecule has 2 atom stereocenters. The maximum atomic E-state index is 13.5. The lowest BCUT2D eigenvalue weighted by atomic mass is 10.0. The fourth-order valence-corrected chi connectivity index (χ4v) is 2.37. The normalized spacial score (nSPS) is 13.4. The van der Waals surface area contributed by atoms with Crippen LogP contribution in [0.4, 0.5) is 4.39 Å². The second-order valence-corrected chi connectivity index (χ2v) is 5.02. The standard InChI is InChI=1S/C17H19FN2O2/c1-11(14-10-13(18)8-9-15(14)22-2)20-16(17(19)21)12-6-4-3-5-7-12/h3-11,16,20H,1-2H3,(H2,19,21)/t11-,16-/m1/s1. The third-order valence-electron chi connectivity index (χ3n) is 3.49. The van der Waals surface area contributed by atoms with E-state index in [0.717, 1.165) is 5.56 Å². The Morgan fingerprint density at radius 2 is 1.91 bits per heavy atom. The van der Waals surface area contributed by atoms with E-state index in [-0.39, 0.29) is 11.9 Å². The zero-order chi connectivity index (χ0) is 16.1. The van der Waals surface area contributed by atoms with Crippen LogP contribution in [0.1, 0.15) is 30.1 Å². The number of halogens is 1. The van der Waals surface area contributed by atoms with Crippen molar-refractivity contribution in [3.63, 3.8) is 0 Å². The summed E-state index contributed by atoms with van der Waals surface area (Å²) in [7, 11) is 1.52. The molecule has 5 heteroatoms. The number of carbonyl (C=O) groups is 1. The van der Waals surface area contributed by atoms with Gasteiger partial charge in [0.05, 0.1) is 7.11 Å². The lowest BCUT2D eigenvalue weighted by molar-refractivity contribution is -0.120. The van der Waals surface area contributed by atoms with Crippen molar-refractivity contribution >= 4 is 5.91 Å². The van der Waals surface area contributed by atoms with Crippen LogP contribution < -0.4 is 15.8 Å². The van der Waals surface area contributed by atoms with Gasteiger partial charge in [-0.3, -0.25) is 10.1 Å². The molecular weight excluding hydrogens is 283 g/mol. The molecule has 3 N–H and O–H groups in total. The van der Waals surface area contributed by atoms with E-state index in [4.69, 9.17) is 10.5 Å². The lowest BCUT2D eigenvalue weighted by Crippen LogP contribution is -2.35. The van der Waals surface area contributed by atoms with Gasteiger partial charge in [0, 0.05) is 11.6 Å². The summed E-state index contributed by atoms with van der Waals surface area (Å²) in [6.45, 7) is 1.83. The molecule has 2 aromatic carbocycles. The molecule has 0 bridgehead atoms. The van der Waals surface area contributed by atoms with Crippen LogP contribution in [0.5, 0.6) is 5.75 Å². The smallest absolute Gasteiger partial charge is 0.239 e. The monoisotopic (exact) mass is 302 g/mol. The number of benzene rings is 2. The van der Waals surface area contributed by atoms with Gasteiger partial charge in [-0.05, 0) is 30.7 Å². The first-order valence-corrected chi connectivity index (χ1v) is 6.96. The van der Waals surface area contributed by atoms with Crippen LogP contribution in [0, 0.1) is 5.82 Å². The van der Waals surface area contributed by atoms with E-state index in [1.54, 1.807) is 6.07 Å². The second kappa shape index (κ2) is 7.04. The molecule has 4 nitrogen and oxygen atoms in total. The summed E-state index contributed by atoms with van der Waals surface area (Å²) < 4.78 is 18.7. The SMILES string of the molecule is COc1ccc(F)cc1[C@@H](C)N[C@@H](C(N)=O)c1ccccc1. The van der Waals surface area contributed by atoms with E-state index in [1.165, 1.54) is 19.2 Å². The van der Waals surface area contributed by atoms with E-state index in [1.807, 2.05) is 37.3 Å². The summed E-state index contributed by atoms with van der Waals surface area (Å²) in [5, 5.41) is 3.13. The van der Waals surface area contributed by atoms with Gasteiger partial charge in [0.1, 0.15) is 17.6 Å². The summed E-state index contributed by atoms with van der Waals surface area (Å²) in [5.41, 5.74) is 6.88. The van der Waals surface area contributed by atoms with Crippen LogP contribution in [-0.2, 0) is 4.79 Å². The van der Waals surface area contributed by atoms with Crippen molar-refractivity contribution in [2.24, 2.45) is 5.73 Å². The molecule has 0 saturated carbocycles. The molecule has 0 aliphatic rings. The van der Waals surface area contributed by atoms with Crippen molar-refractivity contribution < 1.29 is 13.9 Å². The average molecular weight is 302 g/mol. The Kier molecular flexibility index (Phi) is 5.12. The number of nitrogens with one attached hydrogen (secondary N) is 1. The molecule has 0 aromatic heterocycles. The maximum absolute atomic E-state index is 13.5. The predicted molar refractivity (Wildman–Crippen MR) is 82.9 cm³/mol. The van der Waals surface area contributed by atoms with Gasteiger partial charge in [-0.15, -0.1) is 0 Å². The third kappa shape index (κ3) is 3.62. The maximum Gasteiger partial charge on any atom is 0.239 e. The minimum absolute atomic E-state index is 0.316. The Morgan fingerprint density at radius 3 is 2.50 bits per heavy atom. The quantitative estimate of drug-likeness (QED) is 0.862. The molecule has 0 unspecified atom stereocenters. The minimum atomic E-state index is -0.663.